The molecule has 0 aromatic carbocycles. The number of hydrogen-bond donors (Lipinski definition) is 2. The third-order valence-electron chi connectivity index (χ3n) is 10.7. The molecule has 7 atom stereocenters. The van der Waals surface area contributed by atoms with E-state index in [-0.39, 0.29) is 28.1 Å². The SMILES string of the molecule is CC(SCC#CC(C)(C)O)C1=CC[C@H]2C3=CC=C4C[C@@H](O)C[C@H](O[Si](C)(C)C(C)(C)C)[C@]4(C)[C@H]3CC[C@]12C. The average molecular weight is 557 g/mol. The zero-order chi connectivity index (χ0) is 28.3. The van der Waals surface area contributed by atoms with E-state index in [1.54, 1.807) is 25.0 Å². The lowest BCUT2D eigenvalue weighted by atomic mass is 9.49. The molecule has 0 aliphatic heterocycles. The van der Waals surface area contributed by atoms with Crippen LogP contribution in [0.15, 0.2) is 34.9 Å². The number of thioether (sulfide) groups is 1. The van der Waals surface area contributed by atoms with E-state index in [0.29, 0.717) is 17.1 Å². The maximum absolute atomic E-state index is 10.9. The van der Waals surface area contributed by atoms with Crippen molar-refractivity contribution in [3.8, 4) is 11.8 Å². The molecule has 1 unspecified atom stereocenters. The number of hydrogen-bond acceptors (Lipinski definition) is 4. The van der Waals surface area contributed by atoms with Gasteiger partial charge in [0.2, 0.25) is 0 Å². The van der Waals surface area contributed by atoms with Crippen molar-refractivity contribution < 1.29 is 14.6 Å². The molecule has 0 radical (unpaired) electrons. The van der Waals surface area contributed by atoms with Crippen molar-refractivity contribution >= 4 is 20.1 Å². The normalized spacial score (nSPS) is 36.1. The molecule has 0 saturated heterocycles. The Bertz CT molecular complexity index is 1080. The van der Waals surface area contributed by atoms with Crippen molar-refractivity contribution in [1.82, 2.24) is 0 Å². The van der Waals surface area contributed by atoms with E-state index in [0.717, 1.165) is 25.0 Å². The summed E-state index contributed by atoms with van der Waals surface area (Å²) in [5.41, 5.74) is 3.82. The second kappa shape index (κ2) is 10.2. The molecule has 5 heteroatoms. The Labute approximate surface area is 238 Å². The molecular weight excluding hydrogens is 505 g/mol. The zero-order valence-corrected chi connectivity index (χ0v) is 27.4. The number of fused-ring (bicyclic) bond motifs is 5. The fourth-order valence-electron chi connectivity index (χ4n) is 7.48. The monoisotopic (exact) mass is 556 g/mol. The summed E-state index contributed by atoms with van der Waals surface area (Å²) in [6.45, 7) is 22.4. The highest BCUT2D eigenvalue weighted by Gasteiger charge is 2.58. The largest absolute Gasteiger partial charge is 0.413 e. The Kier molecular flexibility index (Phi) is 8.14. The Morgan fingerprint density at radius 2 is 1.84 bits per heavy atom. The molecule has 2 N–H and O–H groups in total. The minimum absolute atomic E-state index is 0.0457. The molecule has 4 rings (SSSR count). The highest BCUT2D eigenvalue weighted by atomic mass is 32.2. The minimum Gasteiger partial charge on any atom is -0.413 e. The smallest absolute Gasteiger partial charge is 0.192 e. The van der Waals surface area contributed by atoms with E-state index in [9.17, 15) is 10.2 Å². The molecule has 2 saturated carbocycles. The van der Waals surface area contributed by atoms with Crippen LogP contribution in [0.4, 0.5) is 0 Å². The van der Waals surface area contributed by atoms with Crippen LogP contribution in [0.2, 0.25) is 18.1 Å². The van der Waals surface area contributed by atoms with Gasteiger partial charge in [-0.2, -0.15) is 0 Å². The van der Waals surface area contributed by atoms with E-state index < -0.39 is 13.9 Å². The van der Waals surface area contributed by atoms with Crippen molar-refractivity contribution in [3.63, 3.8) is 0 Å². The standard InChI is InChI=1S/C33H52O3SSi/c1-22(37-19-11-17-31(5,6)35)26-14-15-27-25-13-12-23-20-24(34)21-29(36-38(9,10)30(2,3)4)33(23,8)28(25)16-18-32(26,27)7/h12-14,22,24,27-29,34-35H,15-16,18-21H2,1-10H3/t22?,24-,27+,28+,29+,32-,33+/m1/s1. The summed E-state index contributed by atoms with van der Waals surface area (Å²) in [5, 5.41) is 21.4. The molecule has 3 nitrogen and oxygen atoms in total. The van der Waals surface area contributed by atoms with Gasteiger partial charge in [0.05, 0.1) is 18.0 Å². The van der Waals surface area contributed by atoms with Crippen molar-refractivity contribution in [3.05, 3.63) is 34.9 Å². The third-order valence-corrected chi connectivity index (χ3v) is 16.3. The lowest BCUT2D eigenvalue weighted by Gasteiger charge is -2.58. The molecule has 212 valence electrons. The molecule has 2 fully saturated rings. The lowest BCUT2D eigenvalue weighted by molar-refractivity contribution is -0.0417. The summed E-state index contributed by atoms with van der Waals surface area (Å²) in [7, 11) is -1.99. The van der Waals surface area contributed by atoms with Crippen molar-refractivity contribution in [2.75, 3.05) is 5.75 Å². The summed E-state index contributed by atoms with van der Waals surface area (Å²) in [4.78, 5) is 0. The van der Waals surface area contributed by atoms with Gasteiger partial charge in [-0.1, -0.05) is 81.4 Å². The third kappa shape index (κ3) is 5.42. The Morgan fingerprint density at radius 3 is 2.47 bits per heavy atom. The first-order chi connectivity index (χ1) is 17.4. The van der Waals surface area contributed by atoms with Gasteiger partial charge < -0.3 is 14.6 Å². The second-order valence-corrected chi connectivity index (χ2v) is 21.0. The van der Waals surface area contributed by atoms with Gasteiger partial charge >= 0.3 is 0 Å². The number of rotatable bonds is 5. The first-order valence-corrected chi connectivity index (χ1v) is 18.7. The molecule has 38 heavy (non-hydrogen) atoms. The Balaban J connectivity index is 1.58. The number of aliphatic hydroxyl groups is 2. The van der Waals surface area contributed by atoms with E-state index >= 15 is 0 Å². The summed E-state index contributed by atoms with van der Waals surface area (Å²) < 4.78 is 7.17. The summed E-state index contributed by atoms with van der Waals surface area (Å²) in [6, 6.07) is 0. The first kappa shape index (κ1) is 30.2. The molecule has 0 heterocycles. The maximum Gasteiger partial charge on any atom is 0.192 e. The van der Waals surface area contributed by atoms with Crippen LogP contribution < -0.4 is 0 Å². The van der Waals surface area contributed by atoms with Gasteiger partial charge in [0.15, 0.2) is 8.32 Å². The van der Waals surface area contributed by atoms with Crippen LogP contribution in [0.25, 0.3) is 0 Å². The highest BCUT2D eigenvalue weighted by molar-refractivity contribution is 8.00. The summed E-state index contributed by atoms with van der Waals surface area (Å²) in [6.07, 6.45) is 12.1. The fourth-order valence-corrected chi connectivity index (χ4v) is 9.84. The van der Waals surface area contributed by atoms with Gasteiger partial charge in [0, 0.05) is 10.7 Å². The van der Waals surface area contributed by atoms with Gasteiger partial charge in [0.1, 0.15) is 5.60 Å². The van der Waals surface area contributed by atoms with Crippen LogP contribution in [0.3, 0.4) is 0 Å². The van der Waals surface area contributed by atoms with Crippen LogP contribution in [-0.4, -0.2) is 47.3 Å². The molecule has 0 amide bonds. The van der Waals surface area contributed by atoms with Crippen LogP contribution in [0.1, 0.15) is 87.5 Å². The molecule has 4 aliphatic carbocycles. The molecule has 0 aromatic rings. The summed E-state index contributed by atoms with van der Waals surface area (Å²) >= 11 is 1.90. The second-order valence-electron chi connectivity index (χ2n) is 14.9. The molecule has 0 aromatic heterocycles. The molecule has 0 spiro atoms. The minimum atomic E-state index is -1.99. The quantitative estimate of drug-likeness (QED) is 0.207. The highest BCUT2D eigenvalue weighted by Crippen LogP contribution is 2.65. The Hall–Kier alpha value is -0.773. The molecular formula is C33H52O3SSi. The van der Waals surface area contributed by atoms with Crippen LogP contribution in [0.5, 0.6) is 0 Å². The average Bonchev–Trinajstić information content (AvgIpc) is 3.13. The van der Waals surface area contributed by atoms with Crippen LogP contribution >= 0.6 is 11.8 Å². The van der Waals surface area contributed by atoms with Gasteiger partial charge in [-0.25, -0.2) is 0 Å². The first-order valence-electron chi connectivity index (χ1n) is 14.7. The number of aliphatic hydroxyl groups excluding tert-OH is 1. The maximum atomic E-state index is 10.9. The summed E-state index contributed by atoms with van der Waals surface area (Å²) in [5.74, 6) is 7.89. The van der Waals surface area contributed by atoms with E-state index in [1.165, 1.54) is 18.4 Å². The zero-order valence-electron chi connectivity index (χ0n) is 25.6. The predicted octanol–water partition coefficient (Wildman–Crippen LogP) is 7.66. The van der Waals surface area contributed by atoms with Crippen molar-refractivity contribution in [2.24, 2.45) is 22.7 Å². The van der Waals surface area contributed by atoms with E-state index in [2.05, 4.69) is 84.7 Å². The van der Waals surface area contributed by atoms with Gasteiger partial charge in [-0.15, -0.1) is 11.8 Å². The predicted molar refractivity (Wildman–Crippen MR) is 165 cm³/mol. The van der Waals surface area contributed by atoms with Crippen LogP contribution in [-0.2, 0) is 4.43 Å². The fraction of sp³-hybridized carbons (Fsp3) is 0.758. The van der Waals surface area contributed by atoms with E-state index in [1.807, 2.05) is 11.8 Å². The van der Waals surface area contributed by atoms with E-state index in [4.69, 9.17) is 4.43 Å². The topological polar surface area (TPSA) is 49.7 Å². The van der Waals surface area contributed by atoms with Crippen molar-refractivity contribution in [2.45, 2.75) is 129 Å². The van der Waals surface area contributed by atoms with Crippen LogP contribution in [0, 0.1) is 34.5 Å². The molecule has 4 aliphatic rings. The lowest BCUT2D eigenvalue weighted by Crippen LogP contribution is -2.57. The van der Waals surface area contributed by atoms with Gasteiger partial charge in [-0.3, -0.25) is 0 Å². The Morgan fingerprint density at radius 1 is 1.16 bits per heavy atom. The van der Waals surface area contributed by atoms with Gasteiger partial charge in [0.25, 0.3) is 0 Å². The number of allylic oxidation sites excluding steroid dienone is 4. The van der Waals surface area contributed by atoms with Crippen molar-refractivity contribution in [1.29, 1.82) is 0 Å². The van der Waals surface area contributed by atoms with Gasteiger partial charge in [-0.05, 0) is 88.3 Å². The molecule has 0 bridgehead atoms.